The van der Waals surface area contributed by atoms with E-state index in [1.807, 2.05) is 0 Å². The van der Waals surface area contributed by atoms with Gasteiger partial charge in [0.25, 0.3) is 0 Å². The lowest BCUT2D eigenvalue weighted by Gasteiger charge is -2.12. The van der Waals surface area contributed by atoms with Crippen LogP contribution < -0.4 is 14.2 Å². The Balaban J connectivity index is 1.83. The summed E-state index contributed by atoms with van der Waals surface area (Å²) in [6.07, 6.45) is 0. The van der Waals surface area contributed by atoms with Gasteiger partial charge >= 0.3 is 0 Å². The SMILES string of the molecule is OCc1cc2c(cc1OCc1cc(Cl)ccc1F)OCO2. The number of halogens is 2. The highest BCUT2D eigenvalue weighted by molar-refractivity contribution is 6.30. The third-order valence-electron chi connectivity index (χ3n) is 3.12. The number of hydrogen-bond donors (Lipinski definition) is 1. The maximum Gasteiger partial charge on any atom is 0.231 e. The second-order valence-corrected chi connectivity index (χ2v) is 4.93. The molecule has 0 aromatic heterocycles. The van der Waals surface area contributed by atoms with E-state index in [0.717, 1.165) is 0 Å². The Morgan fingerprint density at radius 1 is 1.14 bits per heavy atom. The molecule has 0 aliphatic carbocycles. The molecule has 2 aromatic carbocycles. The summed E-state index contributed by atoms with van der Waals surface area (Å²) in [7, 11) is 0. The zero-order chi connectivity index (χ0) is 14.8. The second-order valence-electron chi connectivity index (χ2n) is 4.50. The van der Waals surface area contributed by atoms with Crippen molar-refractivity contribution in [1.29, 1.82) is 0 Å². The largest absolute Gasteiger partial charge is 0.488 e. The average Bonchev–Trinajstić information content (AvgIpc) is 2.94. The number of aliphatic hydroxyl groups excluding tert-OH is 1. The number of rotatable bonds is 4. The van der Waals surface area contributed by atoms with Crippen molar-refractivity contribution in [2.75, 3.05) is 6.79 Å². The highest BCUT2D eigenvalue weighted by atomic mass is 35.5. The van der Waals surface area contributed by atoms with Crippen LogP contribution in [0.2, 0.25) is 5.02 Å². The molecule has 1 N–H and O–H groups in total. The standard InChI is InChI=1S/C15H12ClFO4/c16-11-1-2-12(17)10(3-11)7-19-13-5-15-14(20-8-21-15)4-9(13)6-18/h1-5,18H,6-8H2. The lowest BCUT2D eigenvalue weighted by atomic mass is 10.2. The fraction of sp³-hybridized carbons (Fsp3) is 0.200. The normalized spacial score (nSPS) is 12.5. The van der Waals surface area contributed by atoms with Crippen molar-refractivity contribution in [3.05, 3.63) is 52.3 Å². The first-order chi connectivity index (χ1) is 10.2. The van der Waals surface area contributed by atoms with Crippen molar-refractivity contribution < 1.29 is 23.7 Å². The maximum absolute atomic E-state index is 13.6. The van der Waals surface area contributed by atoms with Gasteiger partial charge < -0.3 is 19.3 Å². The number of ether oxygens (including phenoxy) is 3. The Bertz CT molecular complexity index is 675. The highest BCUT2D eigenvalue weighted by Crippen LogP contribution is 2.38. The molecule has 0 amide bonds. The van der Waals surface area contributed by atoms with Gasteiger partial charge in [-0.05, 0) is 24.3 Å². The molecule has 0 bridgehead atoms. The molecule has 0 radical (unpaired) electrons. The summed E-state index contributed by atoms with van der Waals surface area (Å²) in [5, 5.41) is 9.81. The van der Waals surface area contributed by atoms with Crippen molar-refractivity contribution in [2.45, 2.75) is 13.2 Å². The molecule has 0 saturated carbocycles. The van der Waals surface area contributed by atoms with Crippen molar-refractivity contribution in [2.24, 2.45) is 0 Å². The Labute approximate surface area is 125 Å². The zero-order valence-corrected chi connectivity index (χ0v) is 11.7. The summed E-state index contributed by atoms with van der Waals surface area (Å²) in [5.74, 6) is 1.11. The number of aliphatic hydroxyl groups is 1. The summed E-state index contributed by atoms with van der Waals surface area (Å²) < 4.78 is 29.7. The molecule has 1 aliphatic heterocycles. The first-order valence-electron chi connectivity index (χ1n) is 6.27. The van der Waals surface area contributed by atoms with Crippen LogP contribution in [0.5, 0.6) is 17.2 Å². The molecular weight excluding hydrogens is 299 g/mol. The predicted molar refractivity (Wildman–Crippen MR) is 74.2 cm³/mol. The zero-order valence-electron chi connectivity index (χ0n) is 10.9. The molecule has 0 saturated heterocycles. The van der Waals surface area contributed by atoms with Crippen LogP contribution in [0, 0.1) is 5.82 Å². The van der Waals surface area contributed by atoms with E-state index in [1.165, 1.54) is 18.2 Å². The molecular formula is C15H12ClFO4. The Morgan fingerprint density at radius 2 is 1.90 bits per heavy atom. The summed E-state index contributed by atoms with van der Waals surface area (Å²) in [6.45, 7) is -0.0877. The summed E-state index contributed by atoms with van der Waals surface area (Å²) in [6, 6.07) is 7.53. The minimum Gasteiger partial charge on any atom is -0.488 e. The van der Waals surface area contributed by atoms with Crippen LogP contribution in [0.1, 0.15) is 11.1 Å². The van der Waals surface area contributed by atoms with Crippen LogP contribution in [0.4, 0.5) is 4.39 Å². The first kappa shape index (κ1) is 14.0. The second kappa shape index (κ2) is 5.79. The fourth-order valence-electron chi connectivity index (χ4n) is 2.03. The Morgan fingerprint density at radius 3 is 2.67 bits per heavy atom. The van der Waals surface area contributed by atoms with E-state index in [0.29, 0.717) is 33.4 Å². The fourth-order valence-corrected chi connectivity index (χ4v) is 2.23. The van der Waals surface area contributed by atoms with E-state index in [-0.39, 0.29) is 20.0 Å². The van der Waals surface area contributed by atoms with E-state index in [9.17, 15) is 9.50 Å². The van der Waals surface area contributed by atoms with Gasteiger partial charge in [-0.25, -0.2) is 4.39 Å². The van der Waals surface area contributed by atoms with Crippen LogP contribution in [-0.2, 0) is 13.2 Å². The number of hydrogen-bond acceptors (Lipinski definition) is 4. The maximum atomic E-state index is 13.6. The lowest BCUT2D eigenvalue weighted by Crippen LogP contribution is -2.01. The molecule has 4 nitrogen and oxygen atoms in total. The highest BCUT2D eigenvalue weighted by Gasteiger charge is 2.18. The molecule has 0 unspecified atom stereocenters. The van der Waals surface area contributed by atoms with Crippen LogP contribution in [0.3, 0.4) is 0 Å². The predicted octanol–water partition coefficient (Wildman–Crippen LogP) is 3.28. The van der Waals surface area contributed by atoms with E-state index < -0.39 is 5.82 Å². The molecule has 6 heteroatoms. The van der Waals surface area contributed by atoms with Crippen LogP contribution in [0.15, 0.2) is 30.3 Å². The topological polar surface area (TPSA) is 47.9 Å². The van der Waals surface area contributed by atoms with Crippen molar-refractivity contribution in [1.82, 2.24) is 0 Å². The smallest absolute Gasteiger partial charge is 0.231 e. The monoisotopic (exact) mass is 310 g/mol. The van der Waals surface area contributed by atoms with Crippen LogP contribution in [-0.4, -0.2) is 11.9 Å². The molecule has 0 spiro atoms. The van der Waals surface area contributed by atoms with Gasteiger partial charge in [0.05, 0.1) is 6.61 Å². The van der Waals surface area contributed by atoms with Gasteiger partial charge in [-0.3, -0.25) is 0 Å². The van der Waals surface area contributed by atoms with E-state index in [2.05, 4.69) is 0 Å². The molecule has 3 rings (SSSR count). The first-order valence-corrected chi connectivity index (χ1v) is 6.65. The van der Waals surface area contributed by atoms with E-state index >= 15 is 0 Å². The Hall–Kier alpha value is -1.98. The van der Waals surface area contributed by atoms with Gasteiger partial charge in [0.2, 0.25) is 6.79 Å². The molecule has 110 valence electrons. The van der Waals surface area contributed by atoms with Crippen molar-refractivity contribution >= 4 is 11.6 Å². The van der Waals surface area contributed by atoms with Crippen molar-refractivity contribution in [3.63, 3.8) is 0 Å². The van der Waals surface area contributed by atoms with Gasteiger partial charge in [0, 0.05) is 22.2 Å². The molecule has 0 fully saturated rings. The minimum absolute atomic E-state index is 0.000955. The average molecular weight is 311 g/mol. The van der Waals surface area contributed by atoms with Gasteiger partial charge in [-0.2, -0.15) is 0 Å². The van der Waals surface area contributed by atoms with Gasteiger partial charge in [-0.1, -0.05) is 11.6 Å². The Kier molecular flexibility index (Phi) is 3.86. The molecule has 2 aromatic rings. The minimum atomic E-state index is -0.398. The van der Waals surface area contributed by atoms with Gasteiger partial charge in [0.15, 0.2) is 11.5 Å². The number of fused-ring (bicyclic) bond motifs is 1. The summed E-state index contributed by atoms with van der Waals surface area (Å²) in [5.41, 5.74) is 0.880. The quantitative estimate of drug-likeness (QED) is 0.941. The van der Waals surface area contributed by atoms with Crippen molar-refractivity contribution in [3.8, 4) is 17.2 Å². The van der Waals surface area contributed by atoms with Gasteiger partial charge in [0.1, 0.15) is 18.2 Å². The molecule has 1 aliphatic rings. The molecule has 1 heterocycles. The third kappa shape index (κ3) is 2.89. The van der Waals surface area contributed by atoms with Crippen LogP contribution in [0.25, 0.3) is 0 Å². The molecule has 21 heavy (non-hydrogen) atoms. The molecule has 0 atom stereocenters. The van der Waals surface area contributed by atoms with E-state index in [4.69, 9.17) is 25.8 Å². The number of benzene rings is 2. The third-order valence-corrected chi connectivity index (χ3v) is 3.35. The lowest BCUT2D eigenvalue weighted by molar-refractivity contribution is 0.173. The van der Waals surface area contributed by atoms with Gasteiger partial charge in [-0.15, -0.1) is 0 Å². The van der Waals surface area contributed by atoms with Crippen LogP contribution >= 0.6 is 11.6 Å². The van der Waals surface area contributed by atoms with E-state index in [1.54, 1.807) is 12.1 Å². The summed E-state index contributed by atoms with van der Waals surface area (Å²) >= 11 is 5.84. The summed E-state index contributed by atoms with van der Waals surface area (Å²) in [4.78, 5) is 0.